The molecule has 4 rings (SSSR count). The second-order valence-electron chi connectivity index (χ2n) is 8.29. The molecule has 0 nitrogen and oxygen atoms in total. The molecule has 0 amide bonds. The Morgan fingerprint density at radius 2 is 1.70 bits per heavy atom. The lowest BCUT2D eigenvalue weighted by molar-refractivity contribution is -0.140. The van der Waals surface area contributed by atoms with Crippen LogP contribution in [-0.4, -0.2) is 0 Å². The van der Waals surface area contributed by atoms with Crippen molar-refractivity contribution in [1.82, 2.24) is 0 Å². The summed E-state index contributed by atoms with van der Waals surface area (Å²) in [4.78, 5) is 0. The van der Waals surface area contributed by atoms with Crippen molar-refractivity contribution in [3.8, 4) is 0 Å². The highest BCUT2D eigenvalue weighted by Gasteiger charge is 2.43. The lowest BCUT2D eigenvalue weighted by Gasteiger charge is -2.46. The lowest BCUT2D eigenvalue weighted by atomic mass is 9.58. The fraction of sp³-hybridized carbons (Fsp3) is 0.417. The summed E-state index contributed by atoms with van der Waals surface area (Å²) in [5.74, 6) is -2.76. The van der Waals surface area contributed by atoms with Crippen LogP contribution >= 0.6 is 0 Å². The minimum atomic E-state index is -4.75. The third kappa shape index (κ3) is 3.65. The van der Waals surface area contributed by atoms with Gasteiger partial charge in [-0.05, 0) is 91.2 Å². The molecule has 2 aliphatic carbocycles. The first-order valence-electron chi connectivity index (χ1n) is 10.2. The summed E-state index contributed by atoms with van der Waals surface area (Å²) in [6.07, 6.45) is 1.67. The van der Waals surface area contributed by atoms with E-state index < -0.39 is 29.2 Å². The molecule has 6 heteroatoms. The van der Waals surface area contributed by atoms with Gasteiger partial charge in [0.15, 0.2) is 0 Å². The first kappa shape index (κ1) is 21.0. The van der Waals surface area contributed by atoms with Crippen LogP contribution in [0.3, 0.4) is 0 Å². The first-order chi connectivity index (χ1) is 14.2. The van der Waals surface area contributed by atoms with E-state index in [0.717, 1.165) is 31.0 Å². The molecule has 0 unspecified atom stereocenters. The van der Waals surface area contributed by atoms with Crippen LogP contribution in [0.2, 0.25) is 0 Å². The Morgan fingerprint density at radius 1 is 0.933 bits per heavy atom. The van der Waals surface area contributed by atoms with Crippen LogP contribution in [0.15, 0.2) is 42.5 Å². The molecule has 0 heterocycles. The van der Waals surface area contributed by atoms with Crippen molar-refractivity contribution in [2.24, 2.45) is 11.8 Å². The minimum Gasteiger partial charge on any atom is -0.207 e. The van der Waals surface area contributed by atoms with Crippen LogP contribution in [0.4, 0.5) is 26.3 Å². The minimum absolute atomic E-state index is 0.0233. The third-order valence-corrected chi connectivity index (χ3v) is 6.70. The highest BCUT2D eigenvalue weighted by atomic mass is 19.4. The SMILES string of the molecule is CC=C[C@@H]1CC[C@H]2c3cc(F)cc(F)c3CC[C@@H]2[C@H]1c1ccc(C(F)(F)F)c(F)c1. The van der Waals surface area contributed by atoms with Crippen molar-refractivity contribution in [1.29, 1.82) is 0 Å². The average molecular weight is 424 g/mol. The highest BCUT2D eigenvalue weighted by Crippen LogP contribution is 2.54. The van der Waals surface area contributed by atoms with Crippen LogP contribution < -0.4 is 0 Å². The summed E-state index contributed by atoms with van der Waals surface area (Å²) < 4.78 is 81.6. The molecule has 1 fully saturated rings. The number of hydrogen-bond donors (Lipinski definition) is 0. The molecule has 0 aromatic heterocycles. The molecule has 2 aliphatic rings. The molecule has 160 valence electrons. The van der Waals surface area contributed by atoms with E-state index >= 15 is 0 Å². The van der Waals surface area contributed by atoms with Crippen LogP contribution in [0, 0.1) is 29.3 Å². The zero-order valence-corrected chi connectivity index (χ0v) is 16.4. The Bertz CT molecular complexity index is 974. The van der Waals surface area contributed by atoms with Crippen molar-refractivity contribution >= 4 is 0 Å². The van der Waals surface area contributed by atoms with Gasteiger partial charge in [0.1, 0.15) is 17.5 Å². The maximum atomic E-state index is 14.3. The zero-order valence-electron chi connectivity index (χ0n) is 16.4. The number of hydrogen-bond acceptors (Lipinski definition) is 0. The zero-order chi connectivity index (χ0) is 21.6. The van der Waals surface area contributed by atoms with Gasteiger partial charge in [0, 0.05) is 6.07 Å². The Balaban J connectivity index is 1.78. The smallest absolute Gasteiger partial charge is 0.207 e. The van der Waals surface area contributed by atoms with Crippen LogP contribution in [-0.2, 0) is 12.6 Å². The van der Waals surface area contributed by atoms with Gasteiger partial charge in [-0.25, -0.2) is 13.2 Å². The Kier molecular flexibility index (Phi) is 5.45. The van der Waals surface area contributed by atoms with E-state index in [2.05, 4.69) is 0 Å². The van der Waals surface area contributed by atoms with Gasteiger partial charge < -0.3 is 0 Å². The summed E-state index contributed by atoms with van der Waals surface area (Å²) in [5.41, 5.74) is 0.414. The summed E-state index contributed by atoms with van der Waals surface area (Å²) in [6.45, 7) is 1.87. The third-order valence-electron chi connectivity index (χ3n) is 6.70. The highest BCUT2D eigenvalue weighted by molar-refractivity contribution is 5.39. The molecular formula is C24H22F6. The average Bonchev–Trinajstić information content (AvgIpc) is 2.66. The molecule has 0 bridgehead atoms. The van der Waals surface area contributed by atoms with E-state index in [0.29, 0.717) is 29.5 Å². The van der Waals surface area contributed by atoms with Crippen molar-refractivity contribution in [2.45, 2.75) is 50.6 Å². The number of fused-ring (bicyclic) bond motifs is 3. The lowest BCUT2D eigenvalue weighted by Crippen LogP contribution is -2.35. The van der Waals surface area contributed by atoms with Crippen LogP contribution in [0.1, 0.15) is 60.3 Å². The molecule has 2 aromatic carbocycles. The summed E-state index contributed by atoms with van der Waals surface area (Å²) in [7, 11) is 0. The number of allylic oxidation sites excluding steroid dienone is 2. The van der Waals surface area contributed by atoms with Gasteiger partial charge in [-0.15, -0.1) is 0 Å². The Labute approximate surface area is 171 Å². The van der Waals surface area contributed by atoms with Crippen molar-refractivity contribution in [3.05, 3.63) is 82.2 Å². The molecule has 30 heavy (non-hydrogen) atoms. The molecule has 0 radical (unpaired) electrons. The number of rotatable bonds is 2. The van der Waals surface area contributed by atoms with Gasteiger partial charge in [0.05, 0.1) is 5.56 Å². The van der Waals surface area contributed by atoms with Crippen molar-refractivity contribution in [3.63, 3.8) is 0 Å². The van der Waals surface area contributed by atoms with Gasteiger partial charge in [-0.1, -0.05) is 18.2 Å². The van der Waals surface area contributed by atoms with E-state index in [1.165, 1.54) is 12.1 Å². The van der Waals surface area contributed by atoms with Crippen LogP contribution in [0.25, 0.3) is 0 Å². The molecule has 0 saturated heterocycles. The molecular weight excluding hydrogens is 402 g/mol. The predicted molar refractivity (Wildman–Crippen MR) is 103 cm³/mol. The van der Waals surface area contributed by atoms with Gasteiger partial charge in [0.2, 0.25) is 0 Å². The molecule has 1 saturated carbocycles. The second-order valence-corrected chi connectivity index (χ2v) is 8.29. The number of benzene rings is 2. The summed E-state index contributed by atoms with van der Waals surface area (Å²) in [5, 5.41) is 0. The molecule has 0 spiro atoms. The van der Waals surface area contributed by atoms with Gasteiger partial charge in [0.25, 0.3) is 0 Å². The fourth-order valence-electron chi connectivity index (χ4n) is 5.56. The number of alkyl halides is 3. The maximum absolute atomic E-state index is 14.3. The van der Waals surface area contributed by atoms with Crippen molar-refractivity contribution < 1.29 is 26.3 Å². The number of halogens is 6. The van der Waals surface area contributed by atoms with E-state index in [1.54, 1.807) is 0 Å². The van der Waals surface area contributed by atoms with Crippen LogP contribution in [0.5, 0.6) is 0 Å². The van der Waals surface area contributed by atoms with Crippen molar-refractivity contribution in [2.75, 3.05) is 0 Å². The molecule has 4 atom stereocenters. The first-order valence-corrected chi connectivity index (χ1v) is 10.2. The monoisotopic (exact) mass is 424 g/mol. The standard InChI is InChI=1S/C24H22F6/c1-2-3-13-4-6-16-18(8-7-17-19(16)11-15(25)12-21(17)26)23(13)14-5-9-20(22(27)10-14)24(28,29)30/h2-3,5,9-13,16,18,23H,4,6-8H2,1H3/t13-,16-,18+,23-/m1/s1. The van der Waals surface area contributed by atoms with Gasteiger partial charge in [-0.3, -0.25) is 0 Å². The maximum Gasteiger partial charge on any atom is 0.419 e. The van der Waals surface area contributed by atoms with Gasteiger partial charge in [-0.2, -0.15) is 13.2 Å². The normalized spacial score (nSPS) is 26.5. The van der Waals surface area contributed by atoms with E-state index in [-0.39, 0.29) is 23.7 Å². The van der Waals surface area contributed by atoms with E-state index in [9.17, 15) is 26.3 Å². The fourth-order valence-corrected chi connectivity index (χ4v) is 5.56. The van der Waals surface area contributed by atoms with E-state index in [4.69, 9.17) is 0 Å². The second kappa shape index (κ2) is 7.78. The Morgan fingerprint density at radius 3 is 2.37 bits per heavy atom. The molecule has 0 aliphatic heterocycles. The molecule has 2 aromatic rings. The quantitative estimate of drug-likeness (QED) is 0.345. The largest absolute Gasteiger partial charge is 0.419 e. The topological polar surface area (TPSA) is 0 Å². The summed E-state index contributed by atoms with van der Waals surface area (Å²) >= 11 is 0. The molecule has 0 N–H and O–H groups in total. The van der Waals surface area contributed by atoms with Gasteiger partial charge >= 0.3 is 6.18 Å². The predicted octanol–water partition coefficient (Wildman–Crippen LogP) is 7.54. The van der Waals surface area contributed by atoms with E-state index in [1.807, 2.05) is 19.1 Å². The summed E-state index contributed by atoms with van der Waals surface area (Å²) in [6, 6.07) is 5.44. The Hall–Kier alpha value is -2.24.